The van der Waals surface area contributed by atoms with Crippen LogP contribution < -0.4 is 5.73 Å². The second-order valence-electron chi connectivity index (χ2n) is 3.30. The van der Waals surface area contributed by atoms with Gasteiger partial charge in [0.1, 0.15) is 0 Å². The number of rotatable bonds is 3. The van der Waals surface area contributed by atoms with Crippen molar-refractivity contribution in [2.24, 2.45) is 0 Å². The van der Waals surface area contributed by atoms with Crippen molar-refractivity contribution in [3.8, 4) is 0 Å². The number of thiazole rings is 1. The lowest BCUT2D eigenvalue weighted by Gasteiger charge is -2.10. The second-order valence-corrected chi connectivity index (χ2v) is 5.87. The van der Waals surface area contributed by atoms with Crippen LogP contribution in [0.1, 0.15) is 13.3 Å². The van der Waals surface area contributed by atoms with Crippen molar-refractivity contribution in [2.45, 2.75) is 22.8 Å². The Hall–Kier alpha value is -1.08. The summed E-state index contributed by atoms with van der Waals surface area (Å²) in [5, 5.41) is 0.166. The summed E-state index contributed by atoms with van der Waals surface area (Å²) in [4.78, 5) is 28.5. The van der Waals surface area contributed by atoms with E-state index >= 15 is 0 Å². The standard InChI is InChI=1S/C9H11N3O2S2/c1-2-12-6(13)3-5(8(12)14)15-7-4-11-9(10)16-7/h4-5H,2-3H2,1H3,(H2,10,11). The molecule has 0 radical (unpaired) electrons. The summed E-state index contributed by atoms with van der Waals surface area (Å²) in [7, 11) is 0. The third kappa shape index (κ3) is 2.05. The Morgan fingerprint density at radius 1 is 1.69 bits per heavy atom. The van der Waals surface area contributed by atoms with E-state index in [0.29, 0.717) is 11.7 Å². The Labute approximate surface area is 101 Å². The van der Waals surface area contributed by atoms with E-state index in [4.69, 9.17) is 5.73 Å². The Balaban J connectivity index is 2.07. The lowest BCUT2D eigenvalue weighted by molar-refractivity contribution is -0.137. The van der Waals surface area contributed by atoms with Gasteiger partial charge in [-0.15, -0.1) is 0 Å². The van der Waals surface area contributed by atoms with Crippen LogP contribution in [0.4, 0.5) is 5.13 Å². The van der Waals surface area contributed by atoms with Crippen LogP contribution in [-0.4, -0.2) is 33.5 Å². The van der Waals surface area contributed by atoms with Crippen LogP contribution >= 0.6 is 23.1 Å². The summed E-state index contributed by atoms with van der Waals surface area (Å²) < 4.78 is 0.876. The van der Waals surface area contributed by atoms with Gasteiger partial charge in [0, 0.05) is 13.0 Å². The first kappa shape index (κ1) is 11.4. The molecule has 1 unspecified atom stereocenters. The predicted molar refractivity (Wildman–Crippen MR) is 63.2 cm³/mol. The van der Waals surface area contributed by atoms with Crippen molar-refractivity contribution in [2.75, 3.05) is 12.3 Å². The number of nitrogens with zero attached hydrogens (tertiary/aromatic N) is 2. The molecule has 2 rings (SSSR count). The molecule has 0 aromatic carbocycles. The Morgan fingerprint density at radius 3 is 2.94 bits per heavy atom. The quantitative estimate of drug-likeness (QED) is 0.816. The molecule has 1 aromatic rings. The predicted octanol–water partition coefficient (Wildman–Crippen LogP) is 0.965. The number of hydrogen-bond donors (Lipinski definition) is 1. The van der Waals surface area contributed by atoms with Crippen molar-refractivity contribution >= 4 is 40.0 Å². The highest BCUT2D eigenvalue weighted by Gasteiger charge is 2.38. The molecule has 0 saturated carbocycles. The summed E-state index contributed by atoms with van der Waals surface area (Å²) in [6, 6.07) is 0. The van der Waals surface area contributed by atoms with Crippen LogP contribution in [0.25, 0.3) is 0 Å². The topological polar surface area (TPSA) is 76.3 Å². The molecule has 2 heterocycles. The number of aromatic nitrogens is 1. The summed E-state index contributed by atoms with van der Waals surface area (Å²) in [6.45, 7) is 2.24. The average Bonchev–Trinajstić information content (AvgIpc) is 2.74. The SMILES string of the molecule is CCN1C(=O)CC(Sc2cnc(N)s2)C1=O. The zero-order chi connectivity index (χ0) is 11.7. The fourth-order valence-electron chi connectivity index (χ4n) is 1.54. The first-order valence-corrected chi connectivity index (χ1v) is 6.53. The second kappa shape index (κ2) is 4.42. The van der Waals surface area contributed by atoms with E-state index in [1.165, 1.54) is 28.0 Å². The number of nitrogen functional groups attached to an aromatic ring is 1. The molecule has 2 N–H and O–H groups in total. The van der Waals surface area contributed by atoms with Gasteiger partial charge in [0.05, 0.1) is 15.7 Å². The first-order chi connectivity index (χ1) is 7.61. The number of amides is 2. The van der Waals surface area contributed by atoms with Gasteiger partial charge in [0.25, 0.3) is 0 Å². The third-order valence-corrected chi connectivity index (χ3v) is 4.43. The molecule has 0 aliphatic carbocycles. The minimum Gasteiger partial charge on any atom is -0.375 e. The maximum absolute atomic E-state index is 11.8. The lowest BCUT2D eigenvalue weighted by atomic mass is 10.4. The maximum atomic E-state index is 11.8. The van der Waals surface area contributed by atoms with Gasteiger partial charge in [-0.25, -0.2) is 4.98 Å². The monoisotopic (exact) mass is 257 g/mol. The van der Waals surface area contributed by atoms with Crippen LogP contribution in [0.3, 0.4) is 0 Å². The number of imide groups is 1. The number of thioether (sulfide) groups is 1. The number of anilines is 1. The number of carbonyl (C=O) groups excluding carboxylic acids is 2. The van der Waals surface area contributed by atoms with E-state index in [0.717, 1.165) is 4.21 Å². The van der Waals surface area contributed by atoms with Crippen LogP contribution in [0.15, 0.2) is 10.4 Å². The number of nitrogens with two attached hydrogens (primary N) is 1. The molecule has 2 amide bonds. The normalized spacial score (nSPS) is 20.8. The van der Waals surface area contributed by atoms with Gasteiger partial charge in [-0.1, -0.05) is 23.1 Å². The van der Waals surface area contributed by atoms with Gasteiger partial charge in [0.15, 0.2) is 5.13 Å². The van der Waals surface area contributed by atoms with Gasteiger partial charge < -0.3 is 5.73 Å². The molecule has 1 fully saturated rings. The highest BCUT2D eigenvalue weighted by atomic mass is 32.2. The molecule has 0 spiro atoms. The molecule has 1 aliphatic heterocycles. The molecular weight excluding hydrogens is 246 g/mol. The Morgan fingerprint density at radius 2 is 2.44 bits per heavy atom. The molecule has 1 saturated heterocycles. The molecule has 86 valence electrons. The van der Waals surface area contributed by atoms with Gasteiger partial charge in [-0.05, 0) is 6.92 Å². The fourth-order valence-corrected chi connectivity index (χ4v) is 3.61. The summed E-state index contributed by atoms with van der Waals surface area (Å²) >= 11 is 2.70. The highest BCUT2D eigenvalue weighted by molar-refractivity contribution is 8.02. The van der Waals surface area contributed by atoms with Gasteiger partial charge in [-0.2, -0.15) is 0 Å². The van der Waals surface area contributed by atoms with E-state index in [1.54, 1.807) is 13.1 Å². The molecule has 1 aliphatic rings. The zero-order valence-electron chi connectivity index (χ0n) is 8.67. The number of carbonyl (C=O) groups is 2. The molecule has 16 heavy (non-hydrogen) atoms. The summed E-state index contributed by atoms with van der Waals surface area (Å²) in [6.07, 6.45) is 1.91. The molecule has 5 nitrogen and oxygen atoms in total. The lowest BCUT2D eigenvalue weighted by Crippen LogP contribution is -2.30. The van der Waals surface area contributed by atoms with E-state index in [-0.39, 0.29) is 23.5 Å². The smallest absolute Gasteiger partial charge is 0.243 e. The Kier molecular flexibility index (Phi) is 3.15. The van der Waals surface area contributed by atoms with Crippen LogP contribution in [0.5, 0.6) is 0 Å². The van der Waals surface area contributed by atoms with Gasteiger partial charge >= 0.3 is 0 Å². The maximum Gasteiger partial charge on any atom is 0.243 e. The van der Waals surface area contributed by atoms with Crippen LogP contribution in [-0.2, 0) is 9.59 Å². The van der Waals surface area contributed by atoms with E-state index in [9.17, 15) is 9.59 Å². The average molecular weight is 257 g/mol. The minimum absolute atomic E-state index is 0.0949. The Bertz CT molecular complexity index is 432. The summed E-state index contributed by atoms with van der Waals surface area (Å²) in [5.74, 6) is -0.202. The molecular formula is C9H11N3O2S2. The molecule has 0 bridgehead atoms. The van der Waals surface area contributed by atoms with E-state index in [2.05, 4.69) is 4.98 Å². The summed E-state index contributed by atoms with van der Waals surface area (Å²) in [5.41, 5.74) is 5.50. The molecule has 1 atom stereocenters. The van der Waals surface area contributed by atoms with Crippen molar-refractivity contribution in [1.29, 1.82) is 0 Å². The fraction of sp³-hybridized carbons (Fsp3) is 0.444. The van der Waals surface area contributed by atoms with Crippen molar-refractivity contribution < 1.29 is 9.59 Å². The highest BCUT2D eigenvalue weighted by Crippen LogP contribution is 2.35. The van der Waals surface area contributed by atoms with Crippen molar-refractivity contribution in [3.63, 3.8) is 0 Å². The van der Waals surface area contributed by atoms with Crippen LogP contribution in [0, 0.1) is 0 Å². The molecule has 7 heteroatoms. The third-order valence-electron chi connectivity index (χ3n) is 2.28. The van der Waals surface area contributed by atoms with Crippen molar-refractivity contribution in [1.82, 2.24) is 9.88 Å². The molecule has 1 aromatic heterocycles. The van der Waals surface area contributed by atoms with Crippen LogP contribution in [0.2, 0.25) is 0 Å². The number of likely N-dealkylation sites (tertiary alicyclic amines) is 1. The van der Waals surface area contributed by atoms with E-state index in [1.807, 2.05) is 0 Å². The largest absolute Gasteiger partial charge is 0.375 e. The van der Waals surface area contributed by atoms with Gasteiger partial charge in [-0.3, -0.25) is 14.5 Å². The van der Waals surface area contributed by atoms with E-state index < -0.39 is 0 Å². The first-order valence-electron chi connectivity index (χ1n) is 4.84. The zero-order valence-corrected chi connectivity index (χ0v) is 10.3. The van der Waals surface area contributed by atoms with Crippen molar-refractivity contribution in [3.05, 3.63) is 6.20 Å². The number of hydrogen-bond acceptors (Lipinski definition) is 6. The minimum atomic E-state index is -0.313. The van der Waals surface area contributed by atoms with Gasteiger partial charge in [0.2, 0.25) is 11.8 Å².